The number of thioether (sulfide) groups is 2. The summed E-state index contributed by atoms with van der Waals surface area (Å²) in [5.41, 5.74) is 8.93. The highest BCUT2D eigenvalue weighted by atomic mass is 32.2. The van der Waals surface area contributed by atoms with Crippen molar-refractivity contribution in [3.8, 4) is 0 Å². The van der Waals surface area contributed by atoms with E-state index in [9.17, 15) is 4.79 Å². The van der Waals surface area contributed by atoms with Crippen LogP contribution < -0.4 is 11.1 Å². The SMILES string of the molecule is CC(CCc1ccccc1)NC(=O)CSc1nc(N)c2c3c(sc2n1)CSC(C)(C)C3. The molecule has 31 heavy (non-hydrogen) atoms. The molecule has 8 heteroatoms. The fourth-order valence-corrected chi connectivity index (χ4v) is 6.83. The van der Waals surface area contributed by atoms with E-state index in [4.69, 9.17) is 10.7 Å². The van der Waals surface area contributed by atoms with Crippen molar-refractivity contribution in [3.63, 3.8) is 0 Å². The van der Waals surface area contributed by atoms with Crippen LogP contribution in [0.5, 0.6) is 0 Å². The summed E-state index contributed by atoms with van der Waals surface area (Å²) >= 11 is 5.03. The van der Waals surface area contributed by atoms with Crippen LogP contribution in [0.3, 0.4) is 0 Å². The fraction of sp³-hybridized carbons (Fsp3) is 0.435. The highest BCUT2D eigenvalue weighted by Gasteiger charge is 2.30. The minimum atomic E-state index is -0.00328. The minimum Gasteiger partial charge on any atom is -0.383 e. The fourth-order valence-electron chi connectivity index (χ4n) is 3.76. The van der Waals surface area contributed by atoms with Crippen molar-refractivity contribution >= 4 is 56.8 Å². The Labute approximate surface area is 196 Å². The zero-order valence-electron chi connectivity index (χ0n) is 18.1. The molecule has 1 amide bonds. The average molecular weight is 473 g/mol. The van der Waals surface area contributed by atoms with E-state index in [1.807, 2.05) is 36.9 Å². The van der Waals surface area contributed by atoms with E-state index in [0.717, 1.165) is 35.2 Å². The van der Waals surface area contributed by atoms with Gasteiger partial charge in [0.25, 0.3) is 0 Å². The van der Waals surface area contributed by atoms with Gasteiger partial charge in [0, 0.05) is 21.4 Å². The molecule has 2 aromatic heterocycles. The number of hydrogen-bond donors (Lipinski definition) is 2. The lowest BCUT2D eigenvalue weighted by atomic mass is 9.99. The number of anilines is 1. The Hall–Kier alpha value is -1.77. The molecular weight excluding hydrogens is 444 g/mol. The Balaban J connectivity index is 1.35. The highest BCUT2D eigenvalue weighted by Crippen LogP contribution is 2.45. The zero-order chi connectivity index (χ0) is 22.0. The molecule has 1 aliphatic heterocycles. The number of rotatable bonds is 7. The molecule has 0 bridgehead atoms. The maximum absolute atomic E-state index is 12.4. The zero-order valence-corrected chi connectivity index (χ0v) is 20.6. The summed E-state index contributed by atoms with van der Waals surface area (Å²) in [5, 5.41) is 4.66. The Morgan fingerprint density at radius 2 is 2.06 bits per heavy atom. The van der Waals surface area contributed by atoms with Crippen LogP contribution >= 0.6 is 34.9 Å². The minimum absolute atomic E-state index is 0.00328. The third-order valence-corrected chi connectivity index (χ3v) is 8.90. The quantitative estimate of drug-likeness (QED) is 0.369. The third kappa shape index (κ3) is 5.54. The molecule has 0 saturated carbocycles. The number of aromatic nitrogens is 2. The summed E-state index contributed by atoms with van der Waals surface area (Å²) in [5.74, 6) is 1.81. The van der Waals surface area contributed by atoms with Gasteiger partial charge in [-0.3, -0.25) is 4.79 Å². The molecule has 0 spiro atoms. The maximum Gasteiger partial charge on any atom is 0.230 e. The molecule has 0 radical (unpaired) electrons. The van der Waals surface area contributed by atoms with Crippen LogP contribution in [0.1, 0.15) is 43.2 Å². The summed E-state index contributed by atoms with van der Waals surface area (Å²) < 4.78 is 0.205. The number of carbonyl (C=O) groups excluding carboxylic acids is 1. The Bertz CT molecular complexity index is 1080. The lowest BCUT2D eigenvalue weighted by molar-refractivity contribution is -0.119. The van der Waals surface area contributed by atoms with Gasteiger partial charge in [0.2, 0.25) is 5.91 Å². The topological polar surface area (TPSA) is 80.9 Å². The number of fused-ring (bicyclic) bond motifs is 3. The summed E-state index contributed by atoms with van der Waals surface area (Å²) in [7, 11) is 0. The summed E-state index contributed by atoms with van der Waals surface area (Å²) in [6.07, 6.45) is 2.84. The first-order valence-electron chi connectivity index (χ1n) is 10.5. The highest BCUT2D eigenvalue weighted by molar-refractivity contribution is 8.00. The van der Waals surface area contributed by atoms with Crippen molar-refractivity contribution in [2.45, 2.75) is 61.7 Å². The van der Waals surface area contributed by atoms with E-state index in [-0.39, 0.29) is 22.4 Å². The normalized spacial score (nSPS) is 16.1. The molecular formula is C23H28N4OS3. The van der Waals surface area contributed by atoms with Gasteiger partial charge in [-0.05, 0) is 37.3 Å². The first kappa shape index (κ1) is 22.4. The summed E-state index contributed by atoms with van der Waals surface area (Å²) in [4.78, 5) is 23.9. The number of nitrogens with zero attached hydrogens (tertiary/aromatic N) is 2. The molecule has 3 aromatic rings. The van der Waals surface area contributed by atoms with Gasteiger partial charge in [0.1, 0.15) is 10.6 Å². The molecule has 0 fully saturated rings. The summed E-state index contributed by atoms with van der Waals surface area (Å²) in [6.45, 7) is 6.58. The molecule has 5 nitrogen and oxygen atoms in total. The van der Waals surface area contributed by atoms with E-state index in [0.29, 0.717) is 11.0 Å². The van der Waals surface area contributed by atoms with E-state index in [1.54, 1.807) is 11.3 Å². The molecule has 164 valence electrons. The Kier molecular flexibility index (Phi) is 6.79. The van der Waals surface area contributed by atoms with Gasteiger partial charge >= 0.3 is 0 Å². The second-order valence-electron chi connectivity index (χ2n) is 8.58. The van der Waals surface area contributed by atoms with Crippen molar-refractivity contribution in [2.24, 2.45) is 0 Å². The third-order valence-electron chi connectivity index (χ3n) is 5.39. The number of carbonyl (C=O) groups is 1. The number of aryl methyl sites for hydroxylation is 1. The van der Waals surface area contributed by atoms with E-state index < -0.39 is 0 Å². The second kappa shape index (κ2) is 9.38. The molecule has 1 aliphatic rings. The van der Waals surface area contributed by atoms with Crippen molar-refractivity contribution in [1.82, 2.24) is 15.3 Å². The molecule has 1 aromatic carbocycles. The monoisotopic (exact) mass is 472 g/mol. The largest absolute Gasteiger partial charge is 0.383 e. The Morgan fingerprint density at radius 3 is 2.84 bits per heavy atom. The number of nitrogens with one attached hydrogen (secondary N) is 1. The number of nitrogen functional groups attached to an aromatic ring is 1. The van der Waals surface area contributed by atoms with Gasteiger partial charge in [0.15, 0.2) is 5.16 Å². The molecule has 1 unspecified atom stereocenters. The predicted octanol–water partition coefficient (Wildman–Crippen LogP) is 5.07. The van der Waals surface area contributed by atoms with E-state index in [2.05, 4.69) is 36.3 Å². The van der Waals surface area contributed by atoms with Gasteiger partial charge in [-0.15, -0.1) is 23.1 Å². The molecule has 4 rings (SSSR count). The van der Waals surface area contributed by atoms with Gasteiger partial charge < -0.3 is 11.1 Å². The molecule has 3 N–H and O–H groups in total. The van der Waals surface area contributed by atoms with Crippen LogP contribution in [0, 0.1) is 0 Å². The van der Waals surface area contributed by atoms with Crippen molar-refractivity contribution in [3.05, 3.63) is 46.3 Å². The van der Waals surface area contributed by atoms with Gasteiger partial charge in [-0.1, -0.05) is 55.9 Å². The van der Waals surface area contributed by atoms with Crippen molar-refractivity contribution < 1.29 is 4.79 Å². The van der Waals surface area contributed by atoms with E-state index >= 15 is 0 Å². The molecule has 3 heterocycles. The van der Waals surface area contributed by atoms with Crippen LogP contribution in [0.2, 0.25) is 0 Å². The second-order valence-corrected chi connectivity index (χ2v) is 12.3. The molecule has 1 atom stereocenters. The molecule has 0 aliphatic carbocycles. The smallest absolute Gasteiger partial charge is 0.230 e. The number of benzene rings is 1. The Morgan fingerprint density at radius 1 is 1.29 bits per heavy atom. The lowest BCUT2D eigenvalue weighted by Crippen LogP contribution is -2.34. The van der Waals surface area contributed by atoms with Crippen molar-refractivity contribution in [1.29, 1.82) is 0 Å². The van der Waals surface area contributed by atoms with Crippen LogP contribution in [0.25, 0.3) is 10.2 Å². The first-order chi connectivity index (χ1) is 14.8. The first-order valence-corrected chi connectivity index (χ1v) is 13.3. The number of thiophene rings is 1. The van der Waals surface area contributed by atoms with Crippen LogP contribution in [-0.2, 0) is 23.4 Å². The van der Waals surface area contributed by atoms with Gasteiger partial charge in [-0.2, -0.15) is 0 Å². The summed E-state index contributed by atoms with van der Waals surface area (Å²) in [6, 6.07) is 10.5. The van der Waals surface area contributed by atoms with Gasteiger partial charge in [-0.25, -0.2) is 9.97 Å². The number of amides is 1. The lowest BCUT2D eigenvalue weighted by Gasteiger charge is -2.28. The van der Waals surface area contributed by atoms with Crippen LogP contribution in [0.4, 0.5) is 5.82 Å². The standard InChI is InChI=1S/C23H28N4OS3/c1-14(9-10-15-7-5-4-6-8-15)25-18(28)13-29-22-26-20(24)19-16-11-23(2,3)30-12-17(16)31-21(19)27-22/h4-8,14H,9-13H2,1-3H3,(H,25,28)(H2,24,26,27). The van der Waals surface area contributed by atoms with Gasteiger partial charge in [0.05, 0.1) is 11.1 Å². The average Bonchev–Trinajstić information content (AvgIpc) is 3.08. The van der Waals surface area contributed by atoms with Crippen LogP contribution in [0.15, 0.2) is 35.5 Å². The van der Waals surface area contributed by atoms with Crippen LogP contribution in [-0.4, -0.2) is 32.4 Å². The number of hydrogen-bond acceptors (Lipinski definition) is 7. The maximum atomic E-state index is 12.4. The predicted molar refractivity (Wildman–Crippen MR) is 134 cm³/mol. The van der Waals surface area contributed by atoms with E-state index in [1.165, 1.54) is 27.8 Å². The van der Waals surface area contributed by atoms with Crippen molar-refractivity contribution in [2.75, 3.05) is 11.5 Å². The molecule has 0 saturated heterocycles. The number of nitrogens with two attached hydrogens (primary N) is 1.